The van der Waals surface area contributed by atoms with Gasteiger partial charge in [0.25, 0.3) is 0 Å². The summed E-state index contributed by atoms with van der Waals surface area (Å²) in [6, 6.07) is 0. The molecule has 5 unspecified atom stereocenters. The minimum Gasteiger partial charge on any atom is -0.462 e. The summed E-state index contributed by atoms with van der Waals surface area (Å²) in [6.45, 7) is 4.38. The fraction of sp³-hybridized carbons (Fsp3) is 0.640. The molecule has 0 aliphatic carbocycles. The number of rotatable bonds is 76. The second kappa shape index (κ2) is 79.5. The van der Waals surface area contributed by atoms with E-state index >= 15 is 0 Å². The van der Waals surface area contributed by atoms with E-state index in [0.29, 0.717) is 25.7 Å². The highest BCUT2D eigenvalue weighted by atomic mass is 31.2. The van der Waals surface area contributed by atoms with Crippen LogP contribution in [0, 0.1) is 0 Å². The number of unbranched alkanes of at least 4 members (excludes halogenated alkanes) is 23. The normalized spacial score (nSPS) is 14.7. The molecule has 0 saturated carbocycles. The van der Waals surface area contributed by atoms with Crippen LogP contribution in [-0.2, 0) is 65.4 Å². The maximum atomic E-state index is 13.1. The van der Waals surface area contributed by atoms with Gasteiger partial charge in [-0.15, -0.1) is 0 Å². The van der Waals surface area contributed by atoms with E-state index in [9.17, 15) is 43.2 Å². The molecular formula is C89H146O17P2. The molecule has 5 atom stereocenters. The van der Waals surface area contributed by atoms with Crippen LogP contribution in [0.2, 0.25) is 0 Å². The number of aliphatic hydroxyl groups excluding tert-OH is 1. The molecule has 0 bridgehead atoms. The van der Waals surface area contributed by atoms with Crippen molar-refractivity contribution >= 4 is 39.5 Å². The highest BCUT2D eigenvalue weighted by molar-refractivity contribution is 7.47. The average molecular weight is 1550 g/mol. The molecule has 17 nitrogen and oxygen atoms in total. The second-order valence-corrected chi connectivity index (χ2v) is 29.8. The van der Waals surface area contributed by atoms with Crippen molar-refractivity contribution < 1.29 is 80.2 Å². The van der Waals surface area contributed by atoms with Crippen LogP contribution in [0.3, 0.4) is 0 Å². The van der Waals surface area contributed by atoms with Gasteiger partial charge in [-0.3, -0.25) is 37.3 Å². The molecule has 614 valence electrons. The lowest BCUT2D eigenvalue weighted by Crippen LogP contribution is -2.30. The largest absolute Gasteiger partial charge is 0.472 e. The summed E-state index contributed by atoms with van der Waals surface area (Å²) >= 11 is 0. The summed E-state index contributed by atoms with van der Waals surface area (Å²) < 4.78 is 68.6. The minimum atomic E-state index is -5.02. The highest BCUT2D eigenvalue weighted by Gasteiger charge is 2.30. The van der Waals surface area contributed by atoms with Crippen molar-refractivity contribution in [3.8, 4) is 0 Å². The van der Waals surface area contributed by atoms with Gasteiger partial charge in [-0.25, -0.2) is 9.13 Å². The van der Waals surface area contributed by atoms with Crippen LogP contribution in [0.5, 0.6) is 0 Å². The van der Waals surface area contributed by atoms with Gasteiger partial charge in [0.05, 0.1) is 32.8 Å². The smallest absolute Gasteiger partial charge is 0.462 e. The second-order valence-electron chi connectivity index (χ2n) is 26.9. The van der Waals surface area contributed by atoms with E-state index in [-0.39, 0.29) is 25.7 Å². The van der Waals surface area contributed by atoms with Crippen molar-refractivity contribution in [2.45, 2.75) is 329 Å². The Morgan fingerprint density at radius 1 is 0.278 bits per heavy atom. The van der Waals surface area contributed by atoms with Crippen LogP contribution < -0.4 is 0 Å². The number of allylic oxidation sites excluding steroid dienone is 27. The molecule has 0 heterocycles. The first-order chi connectivity index (χ1) is 52.7. The SMILES string of the molecule is CC/C=C\C/C=C\C/C=C\C/C=C\C/C=C\CC(=O)OC(COC(=O)CCCCCCCC/C=C\C/C=C\C/C=C\C/C=C\CC)COP(=O)(O)OCC(O)COP(=O)(O)OCC(COC(=O)CCCCCCCC/C=C\C/C=C\C/C=C\C/C=C\CC)OC(=O)CCCCCCC/C=C\CCCCCCCC. The number of phosphoric ester groups is 2. The standard InChI is InChI=1S/C89H146O17P2/c1-5-9-13-17-21-25-29-33-37-39-41-43-47-49-53-57-61-65-69-73-86(91)99-79-84(105-88(93)75-71-67-63-59-55-51-45-35-31-27-23-19-15-11-7-3)81-103-107(95,96)101-77-83(90)78-102-108(97,98)104-82-85(106-89(94)76-72-68-64-60-56-52-46-36-32-28-24-20-16-12-8-4)80-100-87(92)74-70-66-62-58-54-50-48-44-42-40-38-34-30-26-22-18-14-10-6-2/h9-11,13-15,21-23,25-27,33-38,41-46,55,59,67,71,83-85,90H,5-8,12,16-20,24,28-32,39-40,47-54,56-58,60-66,68-70,72-82H2,1-4H3,(H,95,96)(H,97,98)/b13-9-,14-10-,15-11-,25-21-,26-22-,27-23-,37-33-,38-34-,43-41-,44-42-,45-35-,46-36-,59-55-,71-67-. The van der Waals surface area contributed by atoms with E-state index in [1.165, 1.54) is 38.5 Å². The Hall–Kier alpha value is -5.58. The third-order valence-electron chi connectivity index (χ3n) is 16.7. The molecule has 0 aromatic heterocycles. The molecule has 0 saturated heterocycles. The zero-order valence-electron chi connectivity index (χ0n) is 67.2. The fourth-order valence-electron chi connectivity index (χ4n) is 10.5. The van der Waals surface area contributed by atoms with Gasteiger partial charge in [0.1, 0.15) is 19.3 Å². The van der Waals surface area contributed by atoms with E-state index in [1.54, 1.807) is 12.2 Å². The number of carbonyl (C=O) groups excluding carboxylic acids is 4. The third kappa shape index (κ3) is 78.5. The van der Waals surface area contributed by atoms with Crippen molar-refractivity contribution in [2.24, 2.45) is 0 Å². The summed E-state index contributed by atoms with van der Waals surface area (Å²) in [5.74, 6) is -2.37. The Labute approximate surface area is 654 Å². The van der Waals surface area contributed by atoms with Crippen molar-refractivity contribution in [2.75, 3.05) is 39.6 Å². The zero-order chi connectivity index (χ0) is 78.9. The maximum absolute atomic E-state index is 13.1. The predicted molar refractivity (Wildman–Crippen MR) is 445 cm³/mol. The monoisotopic (exact) mass is 1550 g/mol. The first-order valence-corrected chi connectivity index (χ1v) is 44.4. The molecule has 0 aliphatic rings. The van der Waals surface area contributed by atoms with Crippen LogP contribution >= 0.6 is 15.6 Å². The molecule has 108 heavy (non-hydrogen) atoms. The van der Waals surface area contributed by atoms with Crippen LogP contribution in [0.1, 0.15) is 310 Å². The Balaban J connectivity index is 5.46. The van der Waals surface area contributed by atoms with Gasteiger partial charge < -0.3 is 33.8 Å². The Bertz CT molecular complexity index is 2710. The Morgan fingerprint density at radius 2 is 0.519 bits per heavy atom. The third-order valence-corrected chi connectivity index (χ3v) is 18.6. The van der Waals surface area contributed by atoms with Crippen molar-refractivity contribution in [3.05, 3.63) is 170 Å². The quantitative estimate of drug-likeness (QED) is 0.0169. The summed E-state index contributed by atoms with van der Waals surface area (Å²) in [5, 5.41) is 10.7. The molecule has 0 amide bonds. The number of phosphoric acid groups is 2. The van der Waals surface area contributed by atoms with Gasteiger partial charge in [-0.1, -0.05) is 301 Å². The molecule has 3 N–H and O–H groups in total. The van der Waals surface area contributed by atoms with Gasteiger partial charge in [0.2, 0.25) is 0 Å². The molecule has 0 spiro atoms. The van der Waals surface area contributed by atoms with Gasteiger partial charge in [-0.2, -0.15) is 0 Å². The first kappa shape index (κ1) is 102. The van der Waals surface area contributed by atoms with Crippen molar-refractivity contribution in [1.29, 1.82) is 0 Å². The molecule has 0 fully saturated rings. The molecule has 19 heteroatoms. The number of hydrogen-bond acceptors (Lipinski definition) is 15. The molecular weight excluding hydrogens is 1400 g/mol. The lowest BCUT2D eigenvalue weighted by Gasteiger charge is -2.21. The summed E-state index contributed by atoms with van der Waals surface area (Å²) in [7, 11) is -10.0. The van der Waals surface area contributed by atoms with Crippen molar-refractivity contribution in [3.63, 3.8) is 0 Å². The number of hydrogen-bond donors (Lipinski definition) is 3. The molecule has 0 rings (SSSR count). The lowest BCUT2D eigenvalue weighted by molar-refractivity contribution is -0.161. The predicted octanol–water partition coefficient (Wildman–Crippen LogP) is 24.6. The molecule has 0 radical (unpaired) electrons. The maximum Gasteiger partial charge on any atom is 0.472 e. The van der Waals surface area contributed by atoms with Crippen LogP contribution in [0.25, 0.3) is 0 Å². The van der Waals surface area contributed by atoms with Crippen LogP contribution in [0.4, 0.5) is 0 Å². The number of ether oxygens (including phenoxy) is 4. The van der Waals surface area contributed by atoms with Gasteiger partial charge in [0.15, 0.2) is 12.2 Å². The summed E-state index contributed by atoms with van der Waals surface area (Å²) in [5.41, 5.74) is 0. The number of esters is 4. The number of aliphatic hydroxyl groups is 1. The van der Waals surface area contributed by atoms with Crippen molar-refractivity contribution in [1.82, 2.24) is 0 Å². The van der Waals surface area contributed by atoms with E-state index in [2.05, 4.69) is 174 Å². The molecule has 0 aliphatic heterocycles. The van der Waals surface area contributed by atoms with Gasteiger partial charge in [0, 0.05) is 19.3 Å². The van der Waals surface area contributed by atoms with E-state index < -0.39 is 97.5 Å². The highest BCUT2D eigenvalue weighted by Crippen LogP contribution is 2.45. The zero-order valence-corrected chi connectivity index (χ0v) is 69.0. The fourth-order valence-corrected chi connectivity index (χ4v) is 12.1. The average Bonchev–Trinajstić information content (AvgIpc) is 0.907. The van der Waals surface area contributed by atoms with Gasteiger partial charge >= 0.3 is 39.5 Å². The molecule has 0 aromatic carbocycles. The first-order valence-electron chi connectivity index (χ1n) is 41.4. The minimum absolute atomic E-state index is 0.0743. The van der Waals surface area contributed by atoms with E-state index in [4.69, 9.17) is 37.0 Å². The van der Waals surface area contributed by atoms with E-state index in [0.717, 1.165) is 193 Å². The summed E-state index contributed by atoms with van der Waals surface area (Å²) in [4.78, 5) is 73.1. The lowest BCUT2D eigenvalue weighted by atomic mass is 10.1. The Morgan fingerprint density at radius 3 is 0.833 bits per heavy atom. The molecule has 0 aromatic rings. The topological polar surface area (TPSA) is 237 Å². The van der Waals surface area contributed by atoms with E-state index in [1.807, 2.05) is 12.2 Å². The number of carbonyl (C=O) groups is 4. The van der Waals surface area contributed by atoms with Crippen LogP contribution in [0.15, 0.2) is 170 Å². The van der Waals surface area contributed by atoms with Crippen LogP contribution in [-0.4, -0.2) is 96.7 Å². The Kier molecular flexibility index (Phi) is 75.4. The summed E-state index contributed by atoms with van der Waals surface area (Å²) in [6.07, 6.45) is 95.0. The van der Waals surface area contributed by atoms with Gasteiger partial charge in [-0.05, 0) is 154 Å².